The van der Waals surface area contributed by atoms with Crippen LogP contribution < -0.4 is 0 Å². The van der Waals surface area contributed by atoms with E-state index in [1.807, 2.05) is 0 Å². The minimum Gasteiger partial charge on any atom is -0.478 e. The number of hydrogen-bond acceptors (Lipinski definition) is 4. The number of carboxylic acids is 2. The SMILES string of the molecule is CCCCCCC[N+](CCCCCCC)(CCCCCCC)CCCCCCC.O=C(O)c1ccccc1S(=O)(=O)c1ccccc1C(=O)O. The van der Waals surface area contributed by atoms with Gasteiger partial charge in [0.05, 0.1) is 47.1 Å². The number of sulfone groups is 1. The topological polar surface area (TPSA) is 109 Å². The van der Waals surface area contributed by atoms with Crippen molar-refractivity contribution in [3.05, 3.63) is 59.7 Å². The molecule has 2 N–H and O–H groups in total. The van der Waals surface area contributed by atoms with Crippen LogP contribution in [0, 0.1) is 0 Å². The molecule has 0 atom stereocenters. The number of rotatable bonds is 28. The number of carboxylic acid groups (broad SMARTS) is 2. The van der Waals surface area contributed by atoms with Crippen molar-refractivity contribution in [1.82, 2.24) is 0 Å². The molecule has 0 bridgehead atoms. The van der Waals surface area contributed by atoms with Crippen LogP contribution in [0.1, 0.15) is 177 Å². The van der Waals surface area contributed by atoms with Gasteiger partial charge in [0.15, 0.2) is 0 Å². The molecule has 0 saturated carbocycles. The fourth-order valence-electron chi connectivity index (χ4n) is 6.75. The van der Waals surface area contributed by atoms with E-state index >= 15 is 0 Å². The van der Waals surface area contributed by atoms with Crippen molar-refractivity contribution in [1.29, 1.82) is 0 Å². The zero-order valence-corrected chi connectivity index (χ0v) is 32.8. The summed E-state index contributed by atoms with van der Waals surface area (Å²) >= 11 is 0. The molecule has 50 heavy (non-hydrogen) atoms. The second-order valence-corrected chi connectivity index (χ2v) is 15.9. The molecule has 0 unspecified atom stereocenters. The molecule has 0 aliphatic carbocycles. The Bertz CT molecular complexity index is 1180. The second kappa shape index (κ2) is 27.0. The van der Waals surface area contributed by atoms with E-state index in [-0.39, 0.29) is 0 Å². The average molecular weight is 717 g/mol. The van der Waals surface area contributed by atoms with Crippen molar-refractivity contribution in [2.75, 3.05) is 26.2 Å². The summed E-state index contributed by atoms with van der Waals surface area (Å²) in [5, 5.41) is 18.1. The first-order valence-corrected chi connectivity index (χ1v) is 21.3. The number of carbonyl (C=O) groups is 2. The van der Waals surface area contributed by atoms with Gasteiger partial charge >= 0.3 is 11.9 Å². The zero-order valence-electron chi connectivity index (χ0n) is 32.0. The van der Waals surface area contributed by atoms with Crippen LogP contribution in [0.3, 0.4) is 0 Å². The lowest BCUT2D eigenvalue weighted by Crippen LogP contribution is -2.50. The molecular formula is C42H70NO6S+. The number of hydrogen-bond donors (Lipinski definition) is 2. The Morgan fingerprint density at radius 3 is 0.980 bits per heavy atom. The van der Waals surface area contributed by atoms with E-state index in [4.69, 9.17) is 10.2 Å². The largest absolute Gasteiger partial charge is 0.478 e. The van der Waals surface area contributed by atoms with Crippen molar-refractivity contribution >= 4 is 21.8 Å². The highest BCUT2D eigenvalue weighted by atomic mass is 32.2. The van der Waals surface area contributed by atoms with Crippen molar-refractivity contribution in [3.63, 3.8) is 0 Å². The molecule has 2 rings (SSSR count). The molecule has 0 radical (unpaired) electrons. The van der Waals surface area contributed by atoms with E-state index in [2.05, 4.69) is 27.7 Å². The summed E-state index contributed by atoms with van der Waals surface area (Å²) in [4.78, 5) is 21.4. The molecular weight excluding hydrogens is 647 g/mol. The average Bonchev–Trinajstić information content (AvgIpc) is 3.11. The molecule has 0 saturated heterocycles. The van der Waals surface area contributed by atoms with E-state index in [1.54, 1.807) is 0 Å². The van der Waals surface area contributed by atoms with Gasteiger partial charge in [0.1, 0.15) is 0 Å². The van der Waals surface area contributed by atoms with Gasteiger partial charge in [-0.05, 0) is 75.6 Å². The summed E-state index contributed by atoms with van der Waals surface area (Å²) < 4.78 is 26.6. The Hall–Kier alpha value is -2.71. The third kappa shape index (κ3) is 17.5. The maximum absolute atomic E-state index is 12.6. The molecule has 284 valence electrons. The van der Waals surface area contributed by atoms with Crippen molar-refractivity contribution in [2.24, 2.45) is 0 Å². The molecule has 7 nitrogen and oxygen atoms in total. The van der Waals surface area contributed by atoms with Gasteiger partial charge in [0.25, 0.3) is 0 Å². The fourth-order valence-corrected chi connectivity index (χ4v) is 8.39. The lowest BCUT2D eigenvalue weighted by molar-refractivity contribution is -0.929. The smallest absolute Gasteiger partial charge is 0.337 e. The van der Waals surface area contributed by atoms with Gasteiger partial charge in [0, 0.05) is 0 Å². The first kappa shape index (κ1) is 45.3. The summed E-state index contributed by atoms with van der Waals surface area (Å²) in [6, 6.07) is 10.1. The lowest BCUT2D eigenvalue weighted by Gasteiger charge is -2.39. The van der Waals surface area contributed by atoms with Gasteiger partial charge < -0.3 is 14.7 Å². The Morgan fingerprint density at radius 1 is 0.460 bits per heavy atom. The van der Waals surface area contributed by atoms with Gasteiger partial charge in [-0.25, -0.2) is 18.0 Å². The van der Waals surface area contributed by atoms with Crippen LogP contribution >= 0.6 is 0 Å². The van der Waals surface area contributed by atoms with Gasteiger partial charge in [-0.1, -0.05) is 129 Å². The van der Waals surface area contributed by atoms with Gasteiger partial charge in [-0.3, -0.25) is 0 Å². The van der Waals surface area contributed by atoms with Crippen LogP contribution in [0.5, 0.6) is 0 Å². The highest BCUT2D eigenvalue weighted by Crippen LogP contribution is 2.27. The van der Waals surface area contributed by atoms with Crippen LogP contribution in [-0.2, 0) is 9.84 Å². The summed E-state index contributed by atoms with van der Waals surface area (Å²) in [6.07, 6.45) is 28.8. The summed E-state index contributed by atoms with van der Waals surface area (Å²) in [7, 11) is -4.25. The van der Waals surface area contributed by atoms with E-state index in [1.165, 1.54) is 183 Å². The Labute approximate surface area is 305 Å². The van der Waals surface area contributed by atoms with Crippen molar-refractivity contribution in [3.8, 4) is 0 Å². The standard InChI is InChI=1S/C28H60N.C14H10O6S/c1-5-9-13-17-21-25-29(26-22-18-14-10-6-2,27-23-19-15-11-7-3)28-24-20-16-12-8-4;15-13(16)9-5-1-3-7-11(9)21(19,20)12-8-4-2-6-10(12)14(17)18/h5-28H2,1-4H3;1-8H,(H,15,16)(H,17,18)/q+1;. The monoisotopic (exact) mass is 716 g/mol. The number of aromatic carboxylic acids is 2. The first-order chi connectivity index (χ1) is 24.1. The Morgan fingerprint density at radius 2 is 0.720 bits per heavy atom. The van der Waals surface area contributed by atoms with E-state index < -0.39 is 42.7 Å². The Kier molecular flexibility index (Phi) is 24.5. The minimum atomic E-state index is -4.25. The zero-order chi connectivity index (χ0) is 37.1. The molecule has 0 fully saturated rings. The molecule has 0 amide bonds. The number of unbranched alkanes of at least 4 members (excludes halogenated alkanes) is 16. The van der Waals surface area contributed by atoms with E-state index in [0.717, 1.165) is 24.3 Å². The lowest BCUT2D eigenvalue weighted by atomic mass is 10.1. The minimum absolute atomic E-state index is 0.405. The molecule has 0 spiro atoms. The second-order valence-electron chi connectivity index (χ2n) is 14.0. The first-order valence-electron chi connectivity index (χ1n) is 19.8. The quantitative estimate of drug-likeness (QED) is 0.0670. The molecule has 2 aromatic carbocycles. The van der Waals surface area contributed by atoms with Crippen LogP contribution in [0.15, 0.2) is 58.3 Å². The maximum atomic E-state index is 12.6. The molecule has 0 heterocycles. The predicted molar refractivity (Wildman–Crippen MR) is 207 cm³/mol. The van der Waals surface area contributed by atoms with Crippen molar-refractivity contribution < 1.29 is 32.7 Å². The van der Waals surface area contributed by atoms with Crippen molar-refractivity contribution in [2.45, 2.75) is 166 Å². The molecule has 2 aromatic rings. The summed E-state index contributed by atoms with van der Waals surface area (Å²) in [6.45, 7) is 15.2. The maximum Gasteiger partial charge on any atom is 0.337 e. The summed E-state index contributed by atoms with van der Waals surface area (Å²) in [5.74, 6) is -2.80. The highest BCUT2D eigenvalue weighted by Gasteiger charge is 2.28. The number of quaternary nitrogens is 1. The molecule has 0 aliphatic heterocycles. The van der Waals surface area contributed by atoms with Gasteiger partial charge in [0.2, 0.25) is 9.84 Å². The normalized spacial score (nSPS) is 11.6. The van der Waals surface area contributed by atoms with Crippen LogP contribution in [0.2, 0.25) is 0 Å². The van der Waals surface area contributed by atoms with Gasteiger partial charge in [-0.15, -0.1) is 0 Å². The van der Waals surface area contributed by atoms with Crippen LogP contribution in [0.4, 0.5) is 0 Å². The third-order valence-corrected chi connectivity index (χ3v) is 11.6. The van der Waals surface area contributed by atoms with E-state index in [0.29, 0.717) is 0 Å². The number of benzene rings is 2. The molecule has 0 aromatic heterocycles. The van der Waals surface area contributed by atoms with Crippen LogP contribution in [-0.4, -0.2) is 61.2 Å². The fraction of sp³-hybridized carbons (Fsp3) is 0.667. The van der Waals surface area contributed by atoms with Crippen LogP contribution in [0.25, 0.3) is 0 Å². The Balaban J connectivity index is 0.000000523. The summed E-state index contributed by atoms with van der Waals surface area (Å²) in [5.41, 5.74) is -0.810. The third-order valence-electron chi connectivity index (χ3n) is 9.76. The molecule has 0 aliphatic rings. The predicted octanol–water partition coefficient (Wildman–Crippen LogP) is 11.6. The van der Waals surface area contributed by atoms with Gasteiger partial charge in [-0.2, -0.15) is 0 Å². The van der Waals surface area contributed by atoms with E-state index in [9.17, 15) is 18.0 Å². The number of nitrogens with zero attached hydrogens (tertiary/aromatic N) is 1. The molecule has 8 heteroatoms. The highest BCUT2D eigenvalue weighted by molar-refractivity contribution is 7.91.